The highest BCUT2D eigenvalue weighted by molar-refractivity contribution is 6.08. The smallest absolute Gasteiger partial charge is 0.333 e. The summed E-state index contributed by atoms with van der Waals surface area (Å²) < 4.78 is 5.14. The van der Waals surface area contributed by atoms with Gasteiger partial charge in [0.1, 0.15) is 6.61 Å². The summed E-state index contributed by atoms with van der Waals surface area (Å²) in [5, 5.41) is 2.75. The number of carbonyl (C=O) groups is 2. The quantitative estimate of drug-likeness (QED) is 0.494. The Labute approximate surface area is 149 Å². The fraction of sp³-hybridized carbons (Fsp3) is 0.238. The summed E-state index contributed by atoms with van der Waals surface area (Å²) in [6.45, 7) is 5.67. The standard InChI is InChI=1S/C19H18O3.C2H7N/c1-3-14(2)19(21)22-13-15-9-11-17(12-10-15)18(20)16-7-5-4-6-8-16;1-3-2/h4-12H,2-3,13H2,1H3;3H,1-2H3. The zero-order chi connectivity index (χ0) is 18.7. The van der Waals surface area contributed by atoms with Crippen LogP contribution in [0.3, 0.4) is 0 Å². The highest BCUT2D eigenvalue weighted by Crippen LogP contribution is 2.12. The number of nitrogens with one attached hydrogen (secondary N) is 1. The van der Waals surface area contributed by atoms with Crippen molar-refractivity contribution in [1.82, 2.24) is 5.32 Å². The number of rotatable bonds is 6. The predicted octanol–water partition coefficient (Wildman–Crippen LogP) is 3.76. The van der Waals surface area contributed by atoms with Crippen LogP contribution in [0, 0.1) is 0 Å². The van der Waals surface area contributed by atoms with Gasteiger partial charge in [-0.2, -0.15) is 0 Å². The van der Waals surface area contributed by atoms with E-state index < -0.39 is 0 Å². The molecule has 2 rings (SSSR count). The van der Waals surface area contributed by atoms with Gasteiger partial charge in [0.25, 0.3) is 0 Å². The molecule has 0 bridgehead atoms. The van der Waals surface area contributed by atoms with Gasteiger partial charge in [0.05, 0.1) is 0 Å². The summed E-state index contributed by atoms with van der Waals surface area (Å²) in [7, 11) is 3.75. The Kier molecular flexibility index (Phi) is 8.90. The van der Waals surface area contributed by atoms with Crippen LogP contribution in [0.4, 0.5) is 0 Å². The Morgan fingerprint density at radius 2 is 1.48 bits per heavy atom. The zero-order valence-electron chi connectivity index (χ0n) is 15.0. The van der Waals surface area contributed by atoms with E-state index in [0.29, 0.717) is 23.1 Å². The molecule has 0 amide bonds. The maximum atomic E-state index is 12.3. The van der Waals surface area contributed by atoms with E-state index in [1.54, 1.807) is 36.4 Å². The van der Waals surface area contributed by atoms with Gasteiger partial charge in [0.2, 0.25) is 0 Å². The number of ether oxygens (including phenoxy) is 1. The molecule has 0 heterocycles. The Hall–Kier alpha value is -2.72. The number of benzene rings is 2. The molecule has 0 fully saturated rings. The fourth-order valence-electron chi connectivity index (χ4n) is 1.90. The summed E-state index contributed by atoms with van der Waals surface area (Å²) in [4.78, 5) is 23.8. The van der Waals surface area contributed by atoms with Crippen molar-refractivity contribution in [3.8, 4) is 0 Å². The van der Waals surface area contributed by atoms with E-state index in [1.807, 2.05) is 39.2 Å². The van der Waals surface area contributed by atoms with E-state index in [2.05, 4.69) is 11.9 Å². The van der Waals surface area contributed by atoms with Crippen molar-refractivity contribution in [3.05, 3.63) is 83.4 Å². The normalized spacial score (nSPS) is 9.56. The summed E-state index contributed by atoms with van der Waals surface area (Å²) in [5.41, 5.74) is 2.55. The minimum atomic E-state index is -0.382. The third-order valence-electron chi connectivity index (χ3n) is 3.34. The van der Waals surface area contributed by atoms with Crippen molar-refractivity contribution in [2.24, 2.45) is 0 Å². The lowest BCUT2D eigenvalue weighted by Crippen LogP contribution is -2.07. The molecule has 4 nitrogen and oxygen atoms in total. The molecule has 0 radical (unpaired) electrons. The van der Waals surface area contributed by atoms with E-state index in [0.717, 1.165) is 5.56 Å². The molecule has 2 aromatic rings. The molecule has 0 spiro atoms. The highest BCUT2D eigenvalue weighted by atomic mass is 16.5. The maximum absolute atomic E-state index is 12.3. The van der Waals surface area contributed by atoms with Gasteiger partial charge >= 0.3 is 5.97 Å². The van der Waals surface area contributed by atoms with Crippen LogP contribution in [0.15, 0.2) is 66.7 Å². The van der Waals surface area contributed by atoms with Crippen molar-refractivity contribution in [2.75, 3.05) is 14.1 Å². The van der Waals surface area contributed by atoms with E-state index in [-0.39, 0.29) is 18.4 Å². The van der Waals surface area contributed by atoms with Gasteiger partial charge in [-0.1, -0.05) is 68.1 Å². The lowest BCUT2D eigenvalue weighted by Gasteiger charge is -2.06. The van der Waals surface area contributed by atoms with Gasteiger partial charge in [0.15, 0.2) is 5.78 Å². The SMILES string of the molecule is C=C(CC)C(=O)OCc1ccc(C(=O)c2ccccc2)cc1.CNC. The fourth-order valence-corrected chi connectivity index (χ4v) is 1.90. The number of hydrogen-bond donors (Lipinski definition) is 1. The lowest BCUT2D eigenvalue weighted by molar-refractivity contribution is -0.140. The zero-order valence-corrected chi connectivity index (χ0v) is 15.0. The van der Waals surface area contributed by atoms with Crippen LogP contribution in [-0.2, 0) is 16.1 Å². The average Bonchev–Trinajstić information content (AvgIpc) is 2.66. The third kappa shape index (κ3) is 6.73. The molecular formula is C21H25NO3. The number of ketones is 1. The molecule has 0 aliphatic heterocycles. The molecule has 0 saturated heterocycles. The van der Waals surface area contributed by atoms with Crippen LogP contribution in [0.5, 0.6) is 0 Å². The van der Waals surface area contributed by atoms with Crippen molar-refractivity contribution >= 4 is 11.8 Å². The van der Waals surface area contributed by atoms with E-state index in [4.69, 9.17) is 4.74 Å². The van der Waals surface area contributed by atoms with Gasteiger partial charge in [-0.3, -0.25) is 4.79 Å². The van der Waals surface area contributed by atoms with Crippen LogP contribution in [-0.4, -0.2) is 25.8 Å². The number of esters is 1. The Bertz CT molecular complexity index is 691. The molecule has 0 aromatic heterocycles. The minimum absolute atomic E-state index is 0.0245. The summed E-state index contributed by atoms with van der Waals surface area (Å²) >= 11 is 0. The molecule has 0 atom stereocenters. The van der Waals surface area contributed by atoms with Gasteiger partial charge < -0.3 is 10.1 Å². The average molecular weight is 339 g/mol. The van der Waals surface area contributed by atoms with Gasteiger partial charge in [-0.15, -0.1) is 0 Å². The van der Waals surface area contributed by atoms with Crippen molar-refractivity contribution in [1.29, 1.82) is 0 Å². The van der Waals surface area contributed by atoms with Crippen LogP contribution in [0.1, 0.15) is 34.8 Å². The Morgan fingerprint density at radius 3 is 2.00 bits per heavy atom. The van der Waals surface area contributed by atoms with E-state index in [9.17, 15) is 9.59 Å². The van der Waals surface area contributed by atoms with Crippen LogP contribution in [0.2, 0.25) is 0 Å². The second-order valence-corrected chi connectivity index (χ2v) is 5.43. The molecule has 0 aliphatic carbocycles. The molecule has 2 aromatic carbocycles. The van der Waals surface area contributed by atoms with Crippen molar-refractivity contribution in [3.63, 3.8) is 0 Å². The largest absolute Gasteiger partial charge is 0.457 e. The molecule has 132 valence electrons. The van der Waals surface area contributed by atoms with E-state index in [1.165, 1.54) is 0 Å². The molecule has 0 aliphatic rings. The second kappa shape index (κ2) is 10.9. The molecule has 0 saturated carbocycles. The Balaban J connectivity index is 0.000000970. The molecule has 0 unspecified atom stereocenters. The van der Waals surface area contributed by atoms with Crippen molar-refractivity contribution < 1.29 is 14.3 Å². The first-order valence-corrected chi connectivity index (χ1v) is 8.15. The van der Waals surface area contributed by atoms with E-state index >= 15 is 0 Å². The molecule has 25 heavy (non-hydrogen) atoms. The minimum Gasteiger partial charge on any atom is -0.457 e. The monoisotopic (exact) mass is 339 g/mol. The molecule has 4 heteroatoms. The number of hydrogen-bond acceptors (Lipinski definition) is 4. The first-order chi connectivity index (χ1) is 12.0. The van der Waals surface area contributed by atoms with Gasteiger partial charge in [-0.25, -0.2) is 4.79 Å². The van der Waals surface area contributed by atoms with Crippen LogP contribution < -0.4 is 5.32 Å². The van der Waals surface area contributed by atoms with Gasteiger partial charge in [0, 0.05) is 16.7 Å². The number of carbonyl (C=O) groups excluding carboxylic acids is 2. The summed E-state index contributed by atoms with van der Waals surface area (Å²) in [5.74, 6) is -0.407. The van der Waals surface area contributed by atoms with Crippen LogP contribution >= 0.6 is 0 Å². The maximum Gasteiger partial charge on any atom is 0.333 e. The molecule has 1 N–H and O–H groups in total. The highest BCUT2D eigenvalue weighted by Gasteiger charge is 2.09. The summed E-state index contributed by atoms with van der Waals surface area (Å²) in [6.07, 6.45) is 0.573. The predicted molar refractivity (Wildman–Crippen MR) is 101 cm³/mol. The first-order valence-electron chi connectivity index (χ1n) is 8.15. The third-order valence-corrected chi connectivity index (χ3v) is 3.34. The summed E-state index contributed by atoms with van der Waals surface area (Å²) in [6, 6.07) is 16.2. The first kappa shape index (κ1) is 20.3. The Morgan fingerprint density at radius 1 is 0.960 bits per heavy atom. The topological polar surface area (TPSA) is 55.4 Å². The lowest BCUT2D eigenvalue weighted by atomic mass is 10.0. The molecular weight excluding hydrogens is 314 g/mol. The van der Waals surface area contributed by atoms with Crippen molar-refractivity contribution in [2.45, 2.75) is 20.0 Å². The van der Waals surface area contributed by atoms with Gasteiger partial charge in [-0.05, 0) is 26.1 Å². The van der Waals surface area contributed by atoms with Crippen LogP contribution in [0.25, 0.3) is 0 Å². The second-order valence-electron chi connectivity index (χ2n) is 5.43.